The zero-order valence-electron chi connectivity index (χ0n) is 21.1. The van der Waals surface area contributed by atoms with E-state index < -0.39 is 24.1 Å². The zero-order valence-corrected chi connectivity index (χ0v) is 21.9. The summed E-state index contributed by atoms with van der Waals surface area (Å²) in [5.74, 6) is -1.11. The molecule has 0 saturated carbocycles. The van der Waals surface area contributed by atoms with E-state index in [-0.39, 0.29) is 11.4 Å². The minimum absolute atomic E-state index is 0.0338. The number of nitrogens with zero attached hydrogens (tertiary/aromatic N) is 4. The van der Waals surface area contributed by atoms with Crippen LogP contribution in [0.2, 0.25) is 0 Å². The molecule has 3 aromatic heterocycles. The standard InChI is InChI=1S/C28H24FN5O4S/c1-3-33-15-22(32-16-33)25-13-21-28(39-25)24(10-11-31-21)38-23-9-6-18(12-20(23)29)34(27(36)14-26(30)35)17-4-7-19(37-2)8-5-17/h4-13,15-16H,3,14H2,1-2H3,(H2,30,35). The van der Waals surface area contributed by atoms with Gasteiger partial charge in [0.2, 0.25) is 11.8 Å². The number of amides is 2. The van der Waals surface area contributed by atoms with Crippen LogP contribution in [0.15, 0.2) is 73.3 Å². The lowest BCUT2D eigenvalue weighted by molar-refractivity contribution is -0.125. The Balaban J connectivity index is 1.46. The SMILES string of the molecule is CCn1cnc(-c2cc3nccc(Oc4ccc(N(C(=O)CC(N)=O)c5ccc(OC)cc5)cc4F)c3s2)c1. The molecule has 0 aliphatic rings. The number of carbonyl (C=O) groups excluding carboxylic acids is 2. The van der Waals surface area contributed by atoms with E-state index in [0.717, 1.165) is 21.8 Å². The van der Waals surface area contributed by atoms with E-state index in [2.05, 4.69) is 9.97 Å². The predicted octanol–water partition coefficient (Wildman–Crippen LogP) is 5.66. The summed E-state index contributed by atoms with van der Waals surface area (Å²) in [6, 6.07) is 14.3. The Labute approximate surface area is 227 Å². The third-order valence-corrected chi connectivity index (χ3v) is 7.09. The third kappa shape index (κ3) is 5.43. The van der Waals surface area contributed by atoms with Crippen molar-refractivity contribution in [2.45, 2.75) is 19.9 Å². The van der Waals surface area contributed by atoms with Crippen LogP contribution in [0, 0.1) is 5.82 Å². The van der Waals surface area contributed by atoms with Crippen LogP contribution in [-0.4, -0.2) is 33.5 Å². The lowest BCUT2D eigenvalue weighted by Gasteiger charge is -2.23. The number of rotatable bonds is 9. The van der Waals surface area contributed by atoms with E-state index in [4.69, 9.17) is 15.2 Å². The van der Waals surface area contributed by atoms with Gasteiger partial charge in [-0.1, -0.05) is 0 Å². The third-order valence-electron chi connectivity index (χ3n) is 5.93. The number of aryl methyl sites for hydroxylation is 1. The maximum atomic E-state index is 15.4. The number of nitrogens with two attached hydrogens (primary N) is 1. The van der Waals surface area contributed by atoms with Crippen molar-refractivity contribution in [2.75, 3.05) is 12.0 Å². The summed E-state index contributed by atoms with van der Waals surface area (Å²) >= 11 is 1.45. The number of aromatic nitrogens is 3. The number of halogens is 1. The summed E-state index contributed by atoms with van der Waals surface area (Å²) < 4.78 is 29.2. The second kappa shape index (κ2) is 10.9. The Morgan fingerprint density at radius 2 is 1.82 bits per heavy atom. The number of fused-ring (bicyclic) bond motifs is 1. The van der Waals surface area contributed by atoms with Crippen molar-refractivity contribution >= 4 is 44.7 Å². The number of benzene rings is 2. The minimum atomic E-state index is -0.794. The number of anilines is 2. The van der Waals surface area contributed by atoms with E-state index in [0.29, 0.717) is 22.7 Å². The van der Waals surface area contributed by atoms with Crippen LogP contribution >= 0.6 is 11.3 Å². The van der Waals surface area contributed by atoms with Gasteiger partial charge in [0, 0.05) is 36.8 Å². The Hall–Kier alpha value is -4.77. The van der Waals surface area contributed by atoms with Gasteiger partial charge in [-0.2, -0.15) is 0 Å². The average Bonchev–Trinajstić information content (AvgIpc) is 3.58. The molecule has 2 N–H and O–H groups in total. The van der Waals surface area contributed by atoms with Crippen LogP contribution in [0.5, 0.6) is 17.2 Å². The Morgan fingerprint density at radius 3 is 2.49 bits per heavy atom. The number of thiophene rings is 1. The van der Waals surface area contributed by atoms with Crippen molar-refractivity contribution in [3.63, 3.8) is 0 Å². The monoisotopic (exact) mass is 545 g/mol. The van der Waals surface area contributed by atoms with Gasteiger partial charge in [0.25, 0.3) is 0 Å². The second-order valence-corrected chi connectivity index (χ2v) is 9.56. The fraction of sp³-hybridized carbons (Fsp3) is 0.143. The number of carbonyl (C=O) groups is 2. The highest BCUT2D eigenvalue weighted by Gasteiger charge is 2.22. The van der Waals surface area contributed by atoms with E-state index in [1.54, 1.807) is 42.9 Å². The lowest BCUT2D eigenvalue weighted by Crippen LogP contribution is -2.30. The average molecular weight is 546 g/mol. The molecule has 0 bridgehead atoms. The highest BCUT2D eigenvalue weighted by atomic mass is 32.1. The van der Waals surface area contributed by atoms with Crippen molar-refractivity contribution in [3.8, 4) is 27.8 Å². The van der Waals surface area contributed by atoms with Crippen LogP contribution in [0.3, 0.4) is 0 Å². The molecule has 5 aromatic rings. The normalized spacial score (nSPS) is 10.9. The van der Waals surface area contributed by atoms with Crippen molar-refractivity contribution < 1.29 is 23.5 Å². The number of ether oxygens (including phenoxy) is 2. The molecule has 2 amide bonds. The molecule has 0 aliphatic heterocycles. The van der Waals surface area contributed by atoms with Gasteiger partial charge in [-0.3, -0.25) is 19.5 Å². The fourth-order valence-electron chi connectivity index (χ4n) is 4.01. The molecule has 0 saturated heterocycles. The Morgan fingerprint density at radius 1 is 1.05 bits per heavy atom. The van der Waals surface area contributed by atoms with Gasteiger partial charge in [0.15, 0.2) is 11.6 Å². The molecule has 198 valence electrons. The van der Waals surface area contributed by atoms with E-state index in [9.17, 15) is 9.59 Å². The fourth-order valence-corrected chi connectivity index (χ4v) is 5.04. The van der Waals surface area contributed by atoms with Crippen molar-refractivity contribution in [1.82, 2.24) is 14.5 Å². The molecule has 39 heavy (non-hydrogen) atoms. The summed E-state index contributed by atoms with van der Waals surface area (Å²) in [5.41, 5.74) is 7.41. The number of hydrogen-bond acceptors (Lipinski definition) is 7. The van der Waals surface area contributed by atoms with Crippen LogP contribution < -0.4 is 20.1 Å². The van der Waals surface area contributed by atoms with Gasteiger partial charge >= 0.3 is 0 Å². The largest absolute Gasteiger partial charge is 0.497 e. The number of methoxy groups -OCH3 is 1. The maximum Gasteiger partial charge on any atom is 0.240 e. The molecule has 3 heterocycles. The first kappa shape index (κ1) is 25.9. The molecular formula is C28H24FN5O4S. The molecule has 0 radical (unpaired) electrons. The molecule has 2 aromatic carbocycles. The maximum absolute atomic E-state index is 15.4. The van der Waals surface area contributed by atoms with Gasteiger partial charge in [0.1, 0.15) is 17.9 Å². The second-order valence-electron chi connectivity index (χ2n) is 8.51. The first-order chi connectivity index (χ1) is 18.9. The molecule has 9 nitrogen and oxygen atoms in total. The topological polar surface area (TPSA) is 113 Å². The predicted molar refractivity (Wildman–Crippen MR) is 147 cm³/mol. The Bertz CT molecular complexity index is 1660. The molecular weight excluding hydrogens is 521 g/mol. The lowest BCUT2D eigenvalue weighted by atomic mass is 10.2. The molecule has 0 spiro atoms. The van der Waals surface area contributed by atoms with Gasteiger partial charge in [-0.25, -0.2) is 9.37 Å². The number of primary amides is 1. The highest BCUT2D eigenvalue weighted by molar-refractivity contribution is 7.22. The number of pyridine rings is 1. The van der Waals surface area contributed by atoms with Crippen molar-refractivity contribution in [3.05, 3.63) is 79.1 Å². The minimum Gasteiger partial charge on any atom is -0.497 e. The van der Waals surface area contributed by atoms with Crippen LogP contribution in [0.1, 0.15) is 13.3 Å². The summed E-state index contributed by atoms with van der Waals surface area (Å²) in [7, 11) is 1.52. The quantitative estimate of drug-likeness (QED) is 0.239. The number of hydrogen-bond donors (Lipinski definition) is 1. The van der Waals surface area contributed by atoms with Crippen molar-refractivity contribution in [2.24, 2.45) is 5.73 Å². The van der Waals surface area contributed by atoms with Gasteiger partial charge < -0.3 is 19.8 Å². The first-order valence-electron chi connectivity index (χ1n) is 12.0. The molecule has 0 aliphatic carbocycles. The number of imidazole rings is 1. The molecule has 5 rings (SSSR count). The summed E-state index contributed by atoms with van der Waals surface area (Å²) in [6.45, 7) is 2.84. The van der Waals surface area contributed by atoms with Crippen LogP contribution in [0.4, 0.5) is 15.8 Å². The molecule has 0 unspecified atom stereocenters. The van der Waals surface area contributed by atoms with Gasteiger partial charge in [-0.15, -0.1) is 11.3 Å². The first-order valence-corrected chi connectivity index (χ1v) is 12.8. The van der Waals surface area contributed by atoms with Crippen molar-refractivity contribution in [1.29, 1.82) is 0 Å². The zero-order chi connectivity index (χ0) is 27.5. The summed E-state index contributed by atoms with van der Waals surface area (Å²) in [6.07, 6.45) is 4.78. The molecule has 11 heteroatoms. The van der Waals surface area contributed by atoms with E-state index in [1.807, 2.05) is 23.8 Å². The van der Waals surface area contributed by atoms with E-state index >= 15 is 4.39 Å². The summed E-state index contributed by atoms with van der Waals surface area (Å²) in [5, 5.41) is 0. The highest BCUT2D eigenvalue weighted by Crippen LogP contribution is 2.40. The molecule has 0 atom stereocenters. The van der Waals surface area contributed by atoms with Crippen LogP contribution in [0.25, 0.3) is 20.8 Å². The summed E-state index contributed by atoms with van der Waals surface area (Å²) in [4.78, 5) is 35.4. The van der Waals surface area contributed by atoms with Gasteiger partial charge in [0.05, 0.1) is 39.9 Å². The molecule has 0 fully saturated rings. The van der Waals surface area contributed by atoms with Gasteiger partial charge in [-0.05, 0) is 49.4 Å². The van der Waals surface area contributed by atoms with Crippen LogP contribution in [-0.2, 0) is 16.1 Å². The van der Waals surface area contributed by atoms with E-state index in [1.165, 1.54) is 41.5 Å². The smallest absolute Gasteiger partial charge is 0.240 e. The Kier molecular flexibility index (Phi) is 7.24.